The first-order chi connectivity index (χ1) is 8.65. The summed E-state index contributed by atoms with van der Waals surface area (Å²) in [6.45, 7) is 5.29. The van der Waals surface area contributed by atoms with Crippen molar-refractivity contribution >= 4 is 17.4 Å². The summed E-state index contributed by atoms with van der Waals surface area (Å²) in [5, 5.41) is 4.07. The van der Waals surface area contributed by atoms with Crippen molar-refractivity contribution in [3.8, 4) is 0 Å². The molecular formula is C14H20ClN3. The zero-order valence-electron chi connectivity index (χ0n) is 11.0. The SMILES string of the molecule is Cc1c(Cl)nc(C2CC2)nc1NCC(C)C1CC1. The van der Waals surface area contributed by atoms with Crippen molar-refractivity contribution in [2.45, 2.75) is 45.4 Å². The summed E-state index contributed by atoms with van der Waals surface area (Å²) < 4.78 is 0. The quantitative estimate of drug-likeness (QED) is 0.824. The van der Waals surface area contributed by atoms with E-state index in [2.05, 4.69) is 22.2 Å². The Morgan fingerprint density at radius 3 is 2.61 bits per heavy atom. The van der Waals surface area contributed by atoms with Gasteiger partial charge in [-0.3, -0.25) is 0 Å². The number of anilines is 1. The summed E-state index contributed by atoms with van der Waals surface area (Å²) in [6.07, 6.45) is 5.19. The van der Waals surface area contributed by atoms with Gasteiger partial charge in [-0.15, -0.1) is 0 Å². The molecule has 0 saturated heterocycles. The molecule has 1 unspecified atom stereocenters. The molecule has 0 bridgehead atoms. The lowest BCUT2D eigenvalue weighted by Crippen LogP contribution is -2.15. The van der Waals surface area contributed by atoms with E-state index in [1.807, 2.05) is 6.92 Å². The molecule has 0 spiro atoms. The molecule has 1 heterocycles. The molecule has 2 fully saturated rings. The van der Waals surface area contributed by atoms with E-state index >= 15 is 0 Å². The van der Waals surface area contributed by atoms with Gasteiger partial charge in [-0.2, -0.15) is 0 Å². The fourth-order valence-electron chi connectivity index (χ4n) is 2.29. The molecule has 18 heavy (non-hydrogen) atoms. The van der Waals surface area contributed by atoms with Crippen molar-refractivity contribution in [3.63, 3.8) is 0 Å². The number of halogens is 1. The molecular weight excluding hydrogens is 246 g/mol. The maximum atomic E-state index is 6.19. The molecule has 3 rings (SSSR count). The van der Waals surface area contributed by atoms with Crippen LogP contribution < -0.4 is 5.32 Å². The van der Waals surface area contributed by atoms with Crippen molar-refractivity contribution in [1.82, 2.24) is 9.97 Å². The molecule has 2 aliphatic rings. The summed E-state index contributed by atoms with van der Waals surface area (Å²) >= 11 is 6.19. The summed E-state index contributed by atoms with van der Waals surface area (Å²) in [6, 6.07) is 0. The lowest BCUT2D eigenvalue weighted by molar-refractivity contribution is 0.535. The minimum absolute atomic E-state index is 0.546. The van der Waals surface area contributed by atoms with Gasteiger partial charge in [-0.1, -0.05) is 18.5 Å². The van der Waals surface area contributed by atoms with Crippen LogP contribution in [-0.4, -0.2) is 16.5 Å². The molecule has 0 amide bonds. The molecule has 3 nitrogen and oxygen atoms in total. The van der Waals surface area contributed by atoms with Crippen molar-refractivity contribution in [3.05, 3.63) is 16.5 Å². The Labute approximate surface area is 113 Å². The first-order valence-electron chi connectivity index (χ1n) is 6.93. The fraction of sp³-hybridized carbons (Fsp3) is 0.714. The Hall–Kier alpha value is -0.830. The molecule has 1 N–H and O–H groups in total. The standard InChI is InChI=1S/C14H20ClN3/c1-8(10-3-4-10)7-16-13-9(2)12(15)17-14(18-13)11-5-6-11/h8,10-11H,3-7H2,1-2H3,(H,16,17,18). The number of nitrogens with one attached hydrogen (secondary N) is 1. The largest absolute Gasteiger partial charge is 0.369 e. The van der Waals surface area contributed by atoms with Crippen LogP contribution in [0.3, 0.4) is 0 Å². The number of hydrogen-bond acceptors (Lipinski definition) is 3. The van der Waals surface area contributed by atoms with E-state index in [-0.39, 0.29) is 0 Å². The highest BCUT2D eigenvalue weighted by atomic mass is 35.5. The molecule has 0 aromatic carbocycles. The van der Waals surface area contributed by atoms with E-state index in [1.165, 1.54) is 25.7 Å². The van der Waals surface area contributed by atoms with E-state index in [1.54, 1.807) is 0 Å². The predicted molar refractivity (Wildman–Crippen MR) is 74.1 cm³/mol. The molecule has 4 heteroatoms. The minimum atomic E-state index is 0.546. The fourth-order valence-corrected chi connectivity index (χ4v) is 2.47. The van der Waals surface area contributed by atoms with Gasteiger partial charge in [0.05, 0.1) is 0 Å². The lowest BCUT2D eigenvalue weighted by atomic mass is 10.1. The van der Waals surface area contributed by atoms with Gasteiger partial charge in [0.2, 0.25) is 0 Å². The van der Waals surface area contributed by atoms with Crippen LogP contribution in [0.15, 0.2) is 0 Å². The van der Waals surface area contributed by atoms with Gasteiger partial charge in [0.25, 0.3) is 0 Å². The van der Waals surface area contributed by atoms with Crippen LogP contribution in [0, 0.1) is 18.8 Å². The highest BCUT2D eigenvalue weighted by molar-refractivity contribution is 6.30. The maximum Gasteiger partial charge on any atom is 0.137 e. The summed E-state index contributed by atoms with van der Waals surface area (Å²) in [4.78, 5) is 9.02. The maximum absolute atomic E-state index is 6.19. The molecule has 2 saturated carbocycles. The second-order valence-electron chi connectivity index (χ2n) is 5.82. The van der Waals surface area contributed by atoms with Crippen LogP contribution in [0.5, 0.6) is 0 Å². The number of rotatable bonds is 5. The first-order valence-corrected chi connectivity index (χ1v) is 7.31. The average Bonchev–Trinajstić information content (AvgIpc) is 3.19. The highest BCUT2D eigenvalue weighted by Gasteiger charge is 2.29. The third-order valence-corrected chi connectivity index (χ3v) is 4.43. The summed E-state index contributed by atoms with van der Waals surface area (Å²) in [5.74, 6) is 4.04. The van der Waals surface area contributed by atoms with Crippen LogP contribution in [0.4, 0.5) is 5.82 Å². The number of aromatic nitrogens is 2. The predicted octanol–water partition coefficient (Wildman–Crippen LogP) is 3.77. The molecule has 0 aliphatic heterocycles. The molecule has 2 aliphatic carbocycles. The average molecular weight is 266 g/mol. The van der Waals surface area contributed by atoms with Gasteiger partial charge in [0.1, 0.15) is 16.8 Å². The Morgan fingerprint density at radius 2 is 2.00 bits per heavy atom. The van der Waals surface area contributed by atoms with Gasteiger partial charge < -0.3 is 5.32 Å². The van der Waals surface area contributed by atoms with Gasteiger partial charge in [-0.05, 0) is 44.4 Å². The Bertz CT molecular complexity index is 453. The van der Waals surface area contributed by atoms with Crippen molar-refractivity contribution in [2.24, 2.45) is 11.8 Å². The second kappa shape index (κ2) is 4.69. The van der Waals surface area contributed by atoms with E-state index in [9.17, 15) is 0 Å². The van der Waals surface area contributed by atoms with Crippen molar-refractivity contribution in [2.75, 3.05) is 11.9 Å². The Morgan fingerprint density at radius 1 is 1.28 bits per heavy atom. The van der Waals surface area contributed by atoms with Crippen LogP contribution >= 0.6 is 11.6 Å². The zero-order valence-corrected chi connectivity index (χ0v) is 11.8. The highest BCUT2D eigenvalue weighted by Crippen LogP contribution is 2.40. The van der Waals surface area contributed by atoms with E-state index < -0.39 is 0 Å². The lowest BCUT2D eigenvalue weighted by Gasteiger charge is -2.15. The Balaban J connectivity index is 1.72. The third-order valence-electron chi connectivity index (χ3n) is 4.06. The minimum Gasteiger partial charge on any atom is -0.369 e. The van der Waals surface area contributed by atoms with Crippen molar-refractivity contribution < 1.29 is 0 Å². The first kappa shape index (κ1) is 12.2. The topological polar surface area (TPSA) is 37.8 Å². The van der Waals surface area contributed by atoms with Crippen LogP contribution in [0.2, 0.25) is 5.15 Å². The molecule has 1 aromatic heterocycles. The van der Waals surface area contributed by atoms with Gasteiger partial charge in [0, 0.05) is 18.0 Å². The van der Waals surface area contributed by atoms with Crippen LogP contribution in [0.1, 0.15) is 49.9 Å². The zero-order chi connectivity index (χ0) is 12.7. The monoisotopic (exact) mass is 265 g/mol. The summed E-state index contributed by atoms with van der Waals surface area (Å²) in [7, 11) is 0. The third kappa shape index (κ3) is 2.61. The number of nitrogens with zero attached hydrogens (tertiary/aromatic N) is 2. The summed E-state index contributed by atoms with van der Waals surface area (Å²) in [5.41, 5.74) is 0.976. The second-order valence-corrected chi connectivity index (χ2v) is 6.17. The van der Waals surface area contributed by atoms with Gasteiger partial charge in [0.15, 0.2) is 0 Å². The molecule has 0 radical (unpaired) electrons. The van der Waals surface area contributed by atoms with Crippen molar-refractivity contribution in [1.29, 1.82) is 0 Å². The molecule has 1 aromatic rings. The van der Waals surface area contributed by atoms with E-state index in [0.29, 0.717) is 11.1 Å². The molecule has 1 atom stereocenters. The van der Waals surface area contributed by atoms with Crippen LogP contribution in [0.25, 0.3) is 0 Å². The van der Waals surface area contributed by atoms with Gasteiger partial charge >= 0.3 is 0 Å². The van der Waals surface area contributed by atoms with Crippen LogP contribution in [-0.2, 0) is 0 Å². The van der Waals surface area contributed by atoms with E-state index in [4.69, 9.17) is 11.6 Å². The Kier molecular flexibility index (Phi) is 3.18. The van der Waals surface area contributed by atoms with E-state index in [0.717, 1.165) is 35.6 Å². The van der Waals surface area contributed by atoms with Gasteiger partial charge in [-0.25, -0.2) is 9.97 Å². The normalized spacial score (nSPS) is 20.8. The smallest absolute Gasteiger partial charge is 0.137 e. The number of hydrogen-bond donors (Lipinski definition) is 1. The molecule has 98 valence electrons.